The highest BCUT2D eigenvalue weighted by atomic mass is 16.1. The van der Waals surface area contributed by atoms with Crippen molar-refractivity contribution in [2.24, 2.45) is 0 Å². The minimum absolute atomic E-state index is 0.0109. The van der Waals surface area contributed by atoms with Crippen molar-refractivity contribution < 1.29 is 4.79 Å². The number of hydrogen-bond donors (Lipinski definition) is 1. The first-order valence-corrected chi connectivity index (χ1v) is 8.95. The number of benzene rings is 2. The predicted molar refractivity (Wildman–Crippen MR) is 101 cm³/mol. The summed E-state index contributed by atoms with van der Waals surface area (Å²) in [5.41, 5.74) is 3.95. The molecule has 2 aromatic carbocycles. The molecule has 0 radical (unpaired) electrons. The van der Waals surface area contributed by atoms with Crippen molar-refractivity contribution in [1.29, 1.82) is 0 Å². The van der Waals surface area contributed by atoms with Crippen molar-refractivity contribution in [3.05, 3.63) is 77.5 Å². The van der Waals surface area contributed by atoms with Crippen LogP contribution in [-0.2, 0) is 0 Å². The highest BCUT2D eigenvalue weighted by Gasteiger charge is 2.27. The van der Waals surface area contributed by atoms with Crippen LogP contribution in [0.5, 0.6) is 0 Å². The summed E-state index contributed by atoms with van der Waals surface area (Å²) in [6.45, 7) is 2.76. The van der Waals surface area contributed by atoms with E-state index in [1.807, 2.05) is 48.5 Å². The fourth-order valence-corrected chi connectivity index (χ4v) is 3.21. The molecule has 3 nitrogen and oxygen atoms in total. The Balaban J connectivity index is 1.57. The van der Waals surface area contributed by atoms with Gasteiger partial charge in [-0.2, -0.15) is 0 Å². The molecule has 1 aliphatic carbocycles. The number of nitrogens with one attached hydrogen (secondary N) is 1. The van der Waals surface area contributed by atoms with Crippen molar-refractivity contribution >= 4 is 16.8 Å². The third-order valence-corrected chi connectivity index (χ3v) is 4.91. The molecule has 0 bridgehead atoms. The third kappa shape index (κ3) is 3.41. The van der Waals surface area contributed by atoms with E-state index in [1.54, 1.807) is 0 Å². The molecule has 1 saturated carbocycles. The highest BCUT2D eigenvalue weighted by Crippen LogP contribution is 2.40. The molecule has 0 aliphatic heterocycles. The van der Waals surface area contributed by atoms with Crippen LogP contribution in [-0.4, -0.2) is 17.4 Å². The van der Waals surface area contributed by atoms with Gasteiger partial charge in [-0.3, -0.25) is 9.78 Å². The van der Waals surface area contributed by atoms with Gasteiger partial charge in [-0.05, 0) is 36.5 Å². The largest absolute Gasteiger partial charge is 0.351 e. The van der Waals surface area contributed by atoms with E-state index in [1.165, 1.54) is 18.4 Å². The summed E-state index contributed by atoms with van der Waals surface area (Å²) in [5, 5.41) is 4.04. The maximum atomic E-state index is 12.9. The lowest BCUT2D eigenvalue weighted by Gasteiger charge is -2.14. The lowest BCUT2D eigenvalue weighted by Crippen LogP contribution is -2.28. The summed E-state index contributed by atoms with van der Waals surface area (Å²) in [6.07, 6.45) is 2.36. The third-order valence-electron chi connectivity index (χ3n) is 4.91. The average molecular weight is 330 g/mol. The number of fused-ring (bicyclic) bond motifs is 1. The molecule has 3 aromatic rings. The van der Waals surface area contributed by atoms with Crippen molar-refractivity contribution in [2.75, 3.05) is 6.54 Å². The van der Waals surface area contributed by atoms with Crippen molar-refractivity contribution in [1.82, 2.24) is 10.3 Å². The Bertz CT molecular complexity index is 900. The van der Waals surface area contributed by atoms with Crippen LogP contribution < -0.4 is 5.32 Å². The molecular weight excluding hydrogens is 308 g/mol. The van der Waals surface area contributed by atoms with E-state index in [2.05, 4.69) is 24.4 Å². The molecule has 1 aliphatic rings. The van der Waals surface area contributed by atoms with Gasteiger partial charge in [-0.1, -0.05) is 55.5 Å². The fourth-order valence-electron chi connectivity index (χ4n) is 3.21. The standard InChI is InChI=1S/C22H22N2O/c1-15(16-7-3-2-4-8-16)14-23-22(25)19-13-21(17-11-12-17)24-20-10-6-5-9-18(19)20/h2-10,13,15,17H,11-12,14H2,1H3,(H,23,25)/t15-/m1/s1. The van der Waals surface area contributed by atoms with Crippen LogP contribution in [0.3, 0.4) is 0 Å². The second-order valence-electron chi connectivity index (χ2n) is 6.91. The molecular formula is C22H22N2O. The number of aromatic nitrogens is 1. The van der Waals surface area contributed by atoms with Gasteiger partial charge >= 0.3 is 0 Å². The van der Waals surface area contributed by atoms with Crippen LogP contribution in [0.2, 0.25) is 0 Å². The summed E-state index contributed by atoms with van der Waals surface area (Å²) < 4.78 is 0. The number of para-hydroxylation sites is 1. The number of pyridine rings is 1. The van der Waals surface area contributed by atoms with Gasteiger partial charge in [-0.25, -0.2) is 0 Å². The summed E-state index contributed by atoms with van der Waals surface area (Å²) >= 11 is 0. The molecule has 1 amide bonds. The maximum Gasteiger partial charge on any atom is 0.252 e. The molecule has 1 heterocycles. The summed E-state index contributed by atoms with van der Waals surface area (Å²) in [6, 6.07) is 20.2. The van der Waals surface area contributed by atoms with Gasteiger partial charge in [-0.15, -0.1) is 0 Å². The van der Waals surface area contributed by atoms with Crippen LogP contribution in [0.4, 0.5) is 0 Å². The number of rotatable bonds is 5. The molecule has 0 unspecified atom stereocenters. The quantitative estimate of drug-likeness (QED) is 0.740. The summed E-state index contributed by atoms with van der Waals surface area (Å²) in [4.78, 5) is 17.6. The van der Waals surface area contributed by atoms with Gasteiger partial charge in [0.1, 0.15) is 0 Å². The first-order valence-electron chi connectivity index (χ1n) is 8.95. The molecule has 3 heteroatoms. The van der Waals surface area contributed by atoms with Crippen LogP contribution in [0.15, 0.2) is 60.7 Å². The van der Waals surface area contributed by atoms with Crippen LogP contribution >= 0.6 is 0 Å². The van der Waals surface area contributed by atoms with Crippen molar-refractivity contribution in [3.63, 3.8) is 0 Å². The van der Waals surface area contributed by atoms with Crippen molar-refractivity contribution in [3.8, 4) is 0 Å². The van der Waals surface area contributed by atoms with Gasteiger partial charge in [0.25, 0.3) is 5.91 Å². The lowest BCUT2D eigenvalue weighted by atomic mass is 10.0. The SMILES string of the molecule is C[C@H](CNC(=O)c1cc(C2CC2)nc2ccccc12)c1ccccc1. The molecule has 0 saturated heterocycles. The van der Waals surface area contributed by atoms with Gasteiger partial charge in [0.2, 0.25) is 0 Å². The number of amides is 1. The minimum Gasteiger partial charge on any atom is -0.351 e. The van der Waals surface area contributed by atoms with E-state index in [0.29, 0.717) is 12.5 Å². The zero-order valence-corrected chi connectivity index (χ0v) is 14.4. The van der Waals surface area contributed by atoms with Gasteiger partial charge in [0.05, 0.1) is 11.1 Å². The summed E-state index contributed by atoms with van der Waals surface area (Å²) in [5.74, 6) is 0.795. The van der Waals surface area contributed by atoms with Gasteiger partial charge in [0, 0.05) is 23.5 Å². The molecule has 1 N–H and O–H groups in total. The Kier molecular flexibility index (Phi) is 4.22. The first kappa shape index (κ1) is 15.8. The van der Waals surface area contributed by atoms with Gasteiger partial charge < -0.3 is 5.32 Å². The Labute approximate surface area is 148 Å². The van der Waals surface area contributed by atoms with Crippen molar-refractivity contribution in [2.45, 2.75) is 31.6 Å². The Morgan fingerprint density at radius 3 is 2.60 bits per heavy atom. The molecule has 1 fully saturated rings. The van der Waals surface area contributed by atoms with Crippen LogP contribution in [0.1, 0.15) is 53.2 Å². The Morgan fingerprint density at radius 1 is 1.12 bits per heavy atom. The molecule has 25 heavy (non-hydrogen) atoms. The fraction of sp³-hybridized carbons (Fsp3) is 0.273. The normalized spacial score (nSPS) is 15.1. The average Bonchev–Trinajstić information content (AvgIpc) is 3.51. The zero-order chi connectivity index (χ0) is 17.2. The minimum atomic E-state index is -0.0109. The number of carbonyl (C=O) groups is 1. The van der Waals surface area contributed by atoms with E-state index in [0.717, 1.165) is 22.2 Å². The number of nitrogens with zero attached hydrogens (tertiary/aromatic N) is 1. The first-order chi connectivity index (χ1) is 12.2. The zero-order valence-electron chi connectivity index (χ0n) is 14.4. The molecule has 1 atom stereocenters. The van der Waals surface area contributed by atoms with E-state index in [9.17, 15) is 4.79 Å². The predicted octanol–water partition coefficient (Wildman–Crippen LogP) is 4.65. The summed E-state index contributed by atoms with van der Waals surface area (Å²) in [7, 11) is 0. The highest BCUT2D eigenvalue weighted by molar-refractivity contribution is 6.06. The van der Waals surface area contributed by atoms with Gasteiger partial charge in [0.15, 0.2) is 0 Å². The molecule has 1 aromatic heterocycles. The second-order valence-corrected chi connectivity index (χ2v) is 6.91. The van der Waals surface area contributed by atoms with E-state index in [4.69, 9.17) is 4.98 Å². The van der Waals surface area contributed by atoms with E-state index < -0.39 is 0 Å². The number of carbonyl (C=O) groups excluding carboxylic acids is 1. The Morgan fingerprint density at radius 2 is 1.84 bits per heavy atom. The molecule has 126 valence electrons. The monoisotopic (exact) mass is 330 g/mol. The van der Waals surface area contributed by atoms with Crippen LogP contribution in [0.25, 0.3) is 10.9 Å². The smallest absolute Gasteiger partial charge is 0.252 e. The Hall–Kier alpha value is -2.68. The lowest BCUT2D eigenvalue weighted by molar-refractivity contribution is 0.0953. The maximum absolute atomic E-state index is 12.9. The van der Waals surface area contributed by atoms with E-state index in [-0.39, 0.29) is 11.8 Å². The van der Waals surface area contributed by atoms with E-state index >= 15 is 0 Å². The molecule has 0 spiro atoms. The number of hydrogen-bond acceptors (Lipinski definition) is 2. The molecule has 4 rings (SSSR count). The topological polar surface area (TPSA) is 42.0 Å². The van der Waals surface area contributed by atoms with Crippen LogP contribution in [0, 0.1) is 0 Å². The second kappa shape index (κ2) is 6.67.